The van der Waals surface area contributed by atoms with Crippen LogP contribution >= 0.6 is 0 Å². The summed E-state index contributed by atoms with van der Waals surface area (Å²) in [6.07, 6.45) is 4.53. The summed E-state index contributed by atoms with van der Waals surface area (Å²) in [4.78, 5) is 24.2. The molecule has 0 unspecified atom stereocenters. The van der Waals surface area contributed by atoms with E-state index in [2.05, 4.69) is 0 Å². The molecule has 0 bridgehead atoms. The summed E-state index contributed by atoms with van der Waals surface area (Å²) in [6.45, 7) is 3.66. The third-order valence-electron chi connectivity index (χ3n) is 5.57. The molecule has 0 amide bonds. The van der Waals surface area contributed by atoms with Gasteiger partial charge in [0.2, 0.25) is 0 Å². The van der Waals surface area contributed by atoms with Gasteiger partial charge in [0.1, 0.15) is 11.5 Å². The highest BCUT2D eigenvalue weighted by Gasteiger charge is 2.24. The number of esters is 2. The van der Waals surface area contributed by atoms with Crippen molar-refractivity contribution in [1.82, 2.24) is 0 Å². The van der Waals surface area contributed by atoms with Crippen molar-refractivity contribution in [3.05, 3.63) is 89.2 Å². The lowest BCUT2D eigenvalue weighted by atomic mass is 9.89. The molecule has 1 aliphatic rings. The number of carbonyl (C=O) groups excluding carboxylic acids is 2. The minimum Gasteiger partial charge on any atom is -0.485 e. The number of hydrogen-bond donors (Lipinski definition) is 0. The summed E-state index contributed by atoms with van der Waals surface area (Å²) in [5, 5.41) is 1.95. The van der Waals surface area contributed by atoms with Crippen molar-refractivity contribution in [2.75, 3.05) is 26.4 Å². The first kappa shape index (κ1) is 24.1. The van der Waals surface area contributed by atoms with E-state index < -0.39 is 11.9 Å². The molecule has 0 fully saturated rings. The Morgan fingerprint density at radius 1 is 0.800 bits per heavy atom. The number of carbonyl (C=O) groups is 2. The summed E-state index contributed by atoms with van der Waals surface area (Å²) >= 11 is 0. The second kappa shape index (κ2) is 11.4. The highest BCUT2D eigenvalue weighted by Crippen LogP contribution is 2.42. The molecule has 180 valence electrons. The Morgan fingerprint density at radius 2 is 1.49 bits per heavy atom. The fraction of sp³-hybridized carbons (Fsp3) is 0.241. The molecule has 4 rings (SSSR count). The Kier molecular flexibility index (Phi) is 7.83. The molecule has 6 nitrogen and oxygen atoms in total. The monoisotopic (exact) mass is 472 g/mol. The fourth-order valence-corrected chi connectivity index (χ4v) is 4.14. The van der Waals surface area contributed by atoms with Crippen LogP contribution in [0.15, 0.2) is 72.5 Å². The van der Waals surface area contributed by atoms with Gasteiger partial charge in [0, 0.05) is 17.6 Å². The van der Waals surface area contributed by atoms with E-state index in [-0.39, 0.29) is 26.4 Å². The van der Waals surface area contributed by atoms with Gasteiger partial charge in [0.05, 0.1) is 13.2 Å². The average Bonchev–Trinajstić information content (AvgIpc) is 3.05. The number of rotatable bonds is 9. The van der Waals surface area contributed by atoms with E-state index in [1.165, 1.54) is 0 Å². The number of fused-ring (bicyclic) bond motifs is 2. The van der Waals surface area contributed by atoms with Crippen molar-refractivity contribution in [3.8, 4) is 5.75 Å². The van der Waals surface area contributed by atoms with E-state index in [1.54, 1.807) is 13.8 Å². The topological polar surface area (TPSA) is 71.1 Å². The zero-order valence-electron chi connectivity index (χ0n) is 19.9. The predicted molar refractivity (Wildman–Crippen MR) is 135 cm³/mol. The van der Waals surface area contributed by atoms with Crippen LogP contribution in [0.3, 0.4) is 0 Å². The molecule has 3 aromatic carbocycles. The van der Waals surface area contributed by atoms with E-state index in [1.807, 2.05) is 72.8 Å². The first-order valence-corrected chi connectivity index (χ1v) is 11.7. The van der Waals surface area contributed by atoms with Gasteiger partial charge >= 0.3 is 11.9 Å². The quantitative estimate of drug-likeness (QED) is 0.381. The van der Waals surface area contributed by atoms with Crippen LogP contribution in [0.5, 0.6) is 5.75 Å². The summed E-state index contributed by atoms with van der Waals surface area (Å²) in [5.74, 6) is 0.275. The predicted octanol–water partition coefficient (Wildman–Crippen LogP) is 5.54. The van der Waals surface area contributed by atoms with Crippen LogP contribution in [0.25, 0.3) is 22.4 Å². The molecule has 0 saturated heterocycles. The second-order valence-electron chi connectivity index (χ2n) is 7.84. The molecule has 0 radical (unpaired) electrons. The van der Waals surface area contributed by atoms with Gasteiger partial charge in [-0.1, -0.05) is 66.7 Å². The normalized spacial score (nSPS) is 12.6. The van der Waals surface area contributed by atoms with Crippen molar-refractivity contribution in [2.24, 2.45) is 0 Å². The number of ether oxygens (including phenoxy) is 4. The van der Waals surface area contributed by atoms with Gasteiger partial charge in [-0.15, -0.1) is 0 Å². The second-order valence-corrected chi connectivity index (χ2v) is 7.84. The lowest BCUT2D eigenvalue weighted by Gasteiger charge is -2.21. The first-order chi connectivity index (χ1) is 17.1. The molecule has 0 atom stereocenters. The highest BCUT2D eigenvalue weighted by molar-refractivity contribution is 6.02. The third kappa shape index (κ3) is 5.54. The van der Waals surface area contributed by atoms with Crippen LogP contribution in [0.1, 0.15) is 37.0 Å². The van der Waals surface area contributed by atoms with Crippen molar-refractivity contribution < 1.29 is 28.5 Å². The minimum atomic E-state index is -0.442. The molecule has 0 heterocycles. The first-order valence-electron chi connectivity index (χ1n) is 11.7. The molecule has 6 heteroatoms. The van der Waals surface area contributed by atoms with Crippen LogP contribution in [0.4, 0.5) is 0 Å². The molecule has 3 aromatic rings. The maximum atomic E-state index is 12.1. The largest absolute Gasteiger partial charge is 0.485 e. The summed E-state index contributed by atoms with van der Waals surface area (Å²) in [7, 11) is 0. The van der Waals surface area contributed by atoms with E-state index in [0.717, 1.165) is 33.0 Å². The Morgan fingerprint density at radius 3 is 2.26 bits per heavy atom. The lowest BCUT2D eigenvalue weighted by Crippen LogP contribution is -2.16. The van der Waals surface area contributed by atoms with Gasteiger partial charge in [-0.05, 0) is 41.8 Å². The third-order valence-corrected chi connectivity index (χ3v) is 5.57. The Bertz CT molecular complexity index is 1290. The minimum absolute atomic E-state index is 0.202. The maximum absolute atomic E-state index is 12.1. The number of benzene rings is 3. The summed E-state index contributed by atoms with van der Waals surface area (Å²) in [6, 6.07) is 19.8. The van der Waals surface area contributed by atoms with Crippen molar-refractivity contribution in [2.45, 2.75) is 20.3 Å². The zero-order chi connectivity index (χ0) is 24.6. The Hall–Kier alpha value is -4.06. The summed E-state index contributed by atoms with van der Waals surface area (Å²) < 4.78 is 22.2. The van der Waals surface area contributed by atoms with Crippen LogP contribution in [-0.2, 0) is 23.8 Å². The van der Waals surface area contributed by atoms with Gasteiger partial charge in [-0.25, -0.2) is 9.59 Å². The van der Waals surface area contributed by atoms with Crippen molar-refractivity contribution >= 4 is 34.4 Å². The smallest absolute Gasteiger partial charge is 0.344 e. The Labute approximate surface area is 204 Å². The standard InChI is InChI=1S/C29H28O6/c1-3-32-26(30)18-34-24-15-9-12-20-10-5-7-13-22(20)28(24)29-23-14-8-6-11-21(23)16-17-25(29)35-19-27(31)33-4-2/h5-14,16-17H,3-4,15,18-19H2,1-2H3. The van der Waals surface area contributed by atoms with Crippen LogP contribution in [-0.4, -0.2) is 38.4 Å². The van der Waals surface area contributed by atoms with Gasteiger partial charge < -0.3 is 18.9 Å². The fourth-order valence-electron chi connectivity index (χ4n) is 4.14. The molecule has 1 aliphatic carbocycles. The molecule has 35 heavy (non-hydrogen) atoms. The van der Waals surface area contributed by atoms with Gasteiger partial charge in [0.15, 0.2) is 13.2 Å². The van der Waals surface area contributed by atoms with Gasteiger partial charge in [-0.3, -0.25) is 0 Å². The van der Waals surface area contributed by atoms with E-state index >= 15 is 0 Å². The lowest BCUT2D eigenvalue weighted by molar-refractivity contribution is -0.147. The zero-order valence-corrected chi connectivity index (χ0v) is 19.9. The average molecular weight is 473 g/mol. The molecule has 0 saturated carbocycles. The van der Waals surface area contributed by atoms with Gasteiger partial charge in [-0.2, -0.15) is 0 Å². The van der Waals surface area contributed by atoms with Crippen molar-refractivity contribution in [1.29, 1.82) is 0 Å². The van der Waals surface area contributed by atoms with Gasteiger partial charge in [0.25, 0.3) is 0 Å². The van der Waals surface area contributed by atoms with Crippen molar-refractivity contribution in [3.63, 3.8) is 0 Å². The molecule has 0 aromatic heterocycles. The number of hydrogen-bond acceptors (Lipinski definition) is 6. The number of allylic oxidation sites excluding steroid dienone is 1. The molecular formula is C29H28O6. The molecule has 0 aliphatic heterocycles. The van der Waals surface area contributed by atoms with E-state index in [9.17, 15) is 9.59 Å². The van der Waals surface area contributed by atoms with Crippen LogP contribution in [0.2, 0.25) is 0 Å². The Balaban J connectivity index is 1.91. The highest BCUT2D eigenvalue weighted by atomic mass is 16.6. The van der Waals surface area contributed by atoms with E-state index in [4.69, 9.17) is 18.9 Å². The summed E-state index contributed by atoms with van der Waals surface area (Å²) in [5.41, 5.74) is 3.56. The molecule has 0 spiro atoms. The maximum Gasteiger partial charge on any atom is 0.344 e. The SMILES string of the molecule is CCOC(=O)COC1=C(c2c(OCC(=O)OCC)ccc3ccccc23)c2ccccc2C=CC1. The molecular weight excluding hydrogens is 444 g/mol. The van der Waals surface area contributed by atoms with Crippen LogP contribution < -0.4 is 4.74 Å². The van der Waals surface area contributed by atoms with Crippen LogP contribution in [0, 0.1) is 0 Å². The molecule has 0 N–H and O–H groups in total. The van der Waals surface area contributed by atoms with E-state index in [0.29, 0.717) is 17.9 Å².